The van der Waals surface area contributed by atoms with Crippen molar-refractivity contribution in [3.05, 3.63) is 71.3 Å². The van der Waals surface area contributed by atoms with Crippen molar-refractivity contribution < 1.29 is 14.8 Å². The van der Waals surface area contributed by atoms with Crippen LogP contribution in [0.4, 0.5) is 0 Å². The fourth-order valence-electron chi connectivity index (χ4n) is 3.67. The summed E-state index contributed by atoms with van der Waals surface area (Å²) in [7, 11) is 0. The zero-order valence-electron chi connectivity index (χ0n) is 16.6. The second kappa shape index (κ2) is 10.7. The Morgan fingerprint density at radius 2 is 1.66 bits per heavy atom. The summed E-state index contributed by atoms with van der Waals surface area (Å²) in [5.41, 5.74) is 4.55. The second-order valence-corrected chi connectivity index (χ2v) is 7.65. The lowest BCUT2D eigenvalue weighted by atomic mass is 9.96. The van der Waals surface area contributed by atoms with E-state index in [1.807, 2.05) is 18.2 Å². The minimum atomic E-state index is -0.415. The van der Waals surface area contributed by atoms with E-state index in [9.17, 15) is 9.59 Å². The van der Waals surface area contributed by atoms with Crippen LogP contribution in [0.1, 0.15) is 40.7 Å². The van der Waals surface area contributed by atoms with Crippen molar-refractivity contribution >= 4 is 11.8 Å². The Kier molecular flexibility index (Phi) is 7.78. The molecule has 1 fully saturated rings. The summed E-state index contributed by atoms with van der Waals surface area (Å²) in [5, 5.41) is 11.6. The van der Waals surface area contributed by atoms with Crippen molar-refractivity contribution in [3.8, 4) is 0 Å². The molecule has 1 saturated heterocycles. The molecule has 2 amide bonds. The summed E-state index contributed by atoms with van der Waals surface area (Å²) in [4.78, 5) is 26.0. The Morgan fingerprint density at radius 1 is 0.966 bits per heavy atom. The Morgan fingerprint density at radius 3 is 2.31 bits per heavy atom. The number of nitrogens with zero attached hydrogens (tertiary/aromatic N) is 1. The summed E-state index contributed by atoms with van der Waals surface area (Å²) in [5.74, 6) is 0.0419. The molecule has 3 N–H and O–H groups in total. The number of hydrogen-bond acceptors (Lipinski definition) is 4. The van der Waals surface area contributed by atoms with E-state index in [1.54, 1.807) is 17.6 Å². The fraction of sp³-hybridized carbons (Fsp3) is 0.391. The average molecular weight is 396 g/mol. The Hall–Kier alpha value is -2.70. The van der Waals surface area contributed by atoms with Gasteiger partial charge in [-0.1, -0.05) is 42.5 Å². The number of amides is 2. The molecule has 1 aliphatic rings. The number of carbonyl (C=O) groups is 2. The van der Waals surface area contributed by atoms with Gasteiger partial charge in [-0.25, -0.2) is 5.48 Å². The molecule has 0 aliphatic carbocycles. The number of hydrogen-bond donors (Lipinski definition) is 3. The lowest BCUT2D eigenvalue weighted by Gasteiger charge is -2.32. The highest BCUT2D eigenvalue weighted by Gasteiger charge is 2.20. The van der Waals surface area contributed by atoms with Gasteiger partial charge in [-0.05, 0) is 61.5 Å². The zero-order valence-corrected chi connectivity index (χ0v) is 16.6. The van der Waals surface area contributed by atoms with Gasteiger partial charge in [0, 0.05) is 25.1 Å². The average Bonchev–Trinajstić information content (AvgIpc) is 2.78. The van der Waals surface area contributed by atoms with Crippen LogP contribution in [0.15, 0.2) is 54.6 Å². The van der Waals surface area contributed by atoms with Gasteiger partial charge in [0.15, 0.2) is 0 Å². The maximum absolute atomic E-state index is 12.4. The molecule has 1 aliphatic heterocycles. The fourth-order valence-corrected chi connectivity index (χ4v) is 3.67. The first-order valence-corrected chi connectivity index (χ1v) is 10.2. The highest BCUT2D eigenvalue weighted by Crippen LogP contribution is 2.18. The van der Waals surface area contributed by atoms with Crippen molar-refractivity contribution in [2.45, 2.75) is 32.2 Å². The first-order chi connectivity index (χ1) is 14.1. The maximum atomic E-state index is 12.4. The summed E-state index contributed by atoms with van der Waals surface area (Å²) >= 11 is 0. The number of rotatable bonds is 8. The van der Waals surface area contributed by atoms with Crippen LogP contribution in [0.2, 0.25) is 0 Å². The number of nitrogens with one attached hydrogen (secondary N) is 2. The van der Waals surface area contributed by atoms with E-state index in [0.29, 0.717) is 24.4 Å². The van der Waals surface area contributed by atoms with E-state index >= 15 is 0 Å². The third-order valence-corrected chi connectivity index (χ3v) is 5.49. The summed E-state index contributed by atoms with van der Waals surface area (Å²) < 4.78 is 0. The minimum Gasteiger partial charge on any atom is -0.352 e. The van der Waals surface area contributed by atoms with Gasteiger partial charge >= 0.3 is 0 Å². The SMILES string of the molecule is O=C(CCc1ccc(C(=O)NCC2CCN(Cc3ccccc3)CC2)cc1)NO. The lowest BCUT2D eigenvalue weighted by Crippen LogP contribution is -2.38. The van der Waals surface area contributed by atoms with E-state index in [0.717, 1.165) is 38.0 Å². The molecule has 0 saturated carbocycles. The molecule has 6 nitrogen and oxygen atoms in total. The van der Waals surface area contributed by atoms with Crippen LogP contribution in [-0.2, 0) is 17.8 Å². The molecule has 0 bridgehead atoms. The zero-order chi connectivity index (χ0) is 20.5. The van der Waals surface area contributed by atoms with Crippen molar-refractivity contribution in [1.82, 2.24) is 15.7 Å². The lowest BCUT2D eigenvalue weighted by molar-refractivity contribution is -0.129. The van der Waals surface area contributed by atoms with E-state index in [1.165, 1.54) is 5.56 Å². The molecule has 154 valence electrons. The van der Waals surface area contributed by atoms with Gasteiger partial charge in [-0.15, -0.1) is 0 Å². The minimum absolute atomic E-state index is 0.0589. The van der Waals surface area contributed by atoms with Crippen LogP contribution in [0.5, 0.6) is 0 Å². The molecule has 0 radical (unpaired) electrons. The quantitative estimate of drug-likeness (QED) is 0.474. The number of hydroxylamine groups is 1. The molecule has 1 heterocycles. The molecule has 29 heavy (non-hydrogen) atoms. The molecular weight excluding hydrogens is 366 g/mol. The predicted molar refractivity (Wildman–Crippen MR) is 111 cm³/mol. The van der Waals surface area contributed by atoms with E-state index in [4.69, 9.17) is 5.21 Å². The number of piperidine rings is 1. The number of benzene rings is 2. The van der Waals surface area contributed by atoms with Crippen LogP contribution in [0.25, 0.3) is 0 Å². The monoisotopic (exact) mass is 395 g/mol. The third kappa shape index (κ3) is 6.69. The summed E-state index contributed by atoms with van der Waals surface area (Å²) in [6, 6.07) is 17.8. The molecule has 6 heteroatoms. The van der Waals surface area contributed by atoms with Gasteiger partial charge in [0.25, 0.3) is 5.91 Å². The van der Waals surface area contributed by atoms with E-state index in [2.05, 4.69) is 34.5 Å². The van der Waals surface area contributed by atoms with Gasteiger partial charge in [0.1, 0.15) is 0 Å². The number of aryl methyl sites for hydroxylation is 1. The molecule has 0 aromatic heterocycles. The van der Waals surface area contributed by atoms with Crippen LogP contribution in [0, 0.1) is 5.92 Å². The largest absolute Gasteiger partial charge is 0.352 e. The van der Waals surface area contributed by atoms with Crippen LogP contribution in [-0.4, -0.2) is 41.6 Å². The van der Waals surface area contributed by atoms with Crippen molar-refractivity contribution in [2.24, 2.45) is 5.92 Å². The van der Waals surface area contributed by atoms with Gasteiger partial charge in [0.05, 0.1) is 0 Å². The highest BCUT2D eigenvalue weighted by atomic mass is 16.5. The van der Waals surface area contributed by atoms with Crippen molar-refractivity contribution in [1.29, 1.82) is 0 Å². The first-order valence-electron chi connectivity index (χ1n) is 10.2. The standard InChI is InChI=1S/C23H29N3O3/c27-22(25-29)11-8-18-6-9-21(10-7-18)23(28)24-16-19-12-14-26(15-13-19)17-20-4-2-1-3-5-20/h1-7,9-10,19,29H,8,11-17H2,(H,24,28)(H,25,27). The Balaban J connectivity index is 1.38. The smallest absolute Gasteiger partial charge is 0.251 e. The number of likely N-dealkylation sites (tertiary alicyclic amines) is 1. The first kappa shape index (κ1) is 21.0. The van der Waals surface area contributed by atoms with Gasteiger partial charge in [-0.3, -0.25) is 19.7 Å². The molecule has 2 aromatic rings. The van der Waals surface area contributed by atoms with Gasteiger partial charge in [0.2, 0.25) is 5.91 Å². The molecule has 0 atom stereocenters. The Bertz CT molecular complexity index is 785. The highest BCUT2D eigenvalue weighted by molar-refractivity contribution is 5.94. The Labute approximate surface area is 171 Å². The topological polar surface area (TPSA) is 81.7 Å². The third-order valence-electron chi connectivity index (χ3n) is 5.49. The van der Waals surface area contributed by atoms with E-state index in [-0.39, 0.29) is 12.3 Å². The maximum Gasteiger partial charge on any atom is 0.251 e. The molecule has 3 rings (SSSR count). The van der Waals surface area contributed by atoms with Crippen LogP contribution < -0.4 is 10.8 Å². The van der Waals surface area contributed by atoms with Gasteiger partial charge in [-0.2, -0.15) is 0 Å². The van der Waals surface area contributed by atoms with E-state index < -0.39 is 5.91 Å². The predicted octanol–water partition coefficient (Wildman–Crippen LogP) is 2.77. The molecular formula is C23H29N3O3. The molecule has 2 aromatic carbocycles. The summed E-state index contributed by atoms with van der Waals surface area (Å²) in [6.07, 6.45) is 2.93. The van der Waals surface area contributed by atoms with Crippen molar-refractivity contribution in [2.75, 3.05) is 19.6 Å². The molecule has 0 unspecified atom stereocenters. The van der Waals surface area contributed by atoms with Crippen LogP contribution >= 0.6 is 0 Å². The van der Waals surface area contributed by atoms with Crippen molar-refractivity contribution in [3.63, 3.8) is 0 Å². The molecule has 0 spiro atoms. The van der Waals surface area contributed by atoms with Crippen LogP contribution in [0.3, 0.4) is 0 Å². The summed E-state index contributed by atoms with van der Waals surface area (Å²) in [6.45, 7) is 3.82. The van der Waals surface area contributed by atoms with Gasteiger partial charge < -0.3 is 5.32 Å². The number of carbonyl (C=O) groups excluding carboxylic acids is 2. The normalized spacial score (nSPS) is 15.1. The second-order valence-electron chi connectivity index (χ2n) is 7.65.